The number of furan rings is 1. The topological polar surface area (TPSA) is 21.3 Å². The second-order valence-electron chi connectivity index (χ2n) is 18.1. The van der Waals surface area contributed by atoms with Gasteiger partial charge in [-0.1, -0.05) is 170 Å². The summed E-state index contributed by atoms with van der Waals surface area (Å²) >= 11 is 0. The lowest BCUT2D eigenvalue weighted by molar-refractivity contribution is 0.673. The summed E-state index contributed by atoms with van der Waals surface area (Å²) in [5.74, 6) is 0. The van der Waals surface area contributed by atoms with Crippen molar-refractivity contribution in [1.82, 2.24) is 4.57 Å². The van der Waals surface area contributed by atoms with E-state index in [1.165, 1.54) is 54.3 Å². The molecule has 69 heavy (non-hydrogen) atoms. The highest BCUT2D eigenvalue weighted by molar-refractivity contribution is 6.16. The van der Waals surface area contributed by atoms with E-state index in [-0.39, 0.29) is 0 Å². The van der Waals surface area contributed by atoms with Crippen molar-refractivity contribution >= 4 is 93.1 Å². The van der Waals surface area contributed by atoms with E-state index in [1.807, 2.05) is 0 Å². The van der Waals surface area contributed by atoms with E-state index in [2.05, 4.69) is 264 Å². The SMILES string of the molecule is c1cc(-c2ccc3c(c2)oc2c4ccccc4ccc32)cc(N(c2ccc(-c3cccc(-n4c5ccccc5c5ccccc54)c3)cc2)c2cccc(-c3cc4ccccc4c4ccccc34)c2)c1. The maximum atomic E-state index is 6.66. The third-order valence-electron chi connectivity index (χ3n) is 14.1. The molecule has 3 heteroatoms. The second-order valence-corrected chi connectivity index (χ2v) is 18.1. The van der Waals surface area contributed by atoms with Crippen LogP contribution in [-0.4, -0.2) is 4.57 Å². The largest absolute Gasteiger partial charge is 0.455 e. The van der Waals surface area contributed by atoms with Gasteiger partial charge >= 0.3 is 0 Å². The van der Waals surface area contributed by atoms with Crippen molar-refractivity contribution in [3.05, 3.63) is 255 Å². The Labute approximate surface area is 399 Å². The van der Waals surface area contributed by atoms with Gasteiger partial charge in [-0.15, -0.1) is 0 Å². The summed E-state index contributed by atoms with van der Waals surface area (Å²) in [6.45, 7) is 0. The minimum atomic E-state index is 0.884. The Balaban J connectivity index is 0.895. The first-order valence-corrected chi connectivity index (χ1v) is 23.6. The van der Waals surface area contributed by atoms with Crippen molar-refractivity contribution < 1.29 is 4.42 Å². The van der Waals surface area contributed by atoms with Gasteiger partial charge in [-0.25, -0.2) is 0 Å². The first-order valence-electron chi connectivity index (χ1n) is 23.6. The zero-order valence-corrected chi connectivity index (χ0v) is 37.6. The van der Waals surface area contributed by atoms with Crippen LogP contribution in [0.2, 0.25) is 0 Å². The maximum Gasteiger partial charge on any atom is 0.143 e. The van der Waals surface area contributed by atoms with Crippen LogP contribution in [0, 0.1) is 0 Å². The lowest BCUT2D eigenvalue weighted by Crippen LogP contribution is -2.10. The summed E-state index contributed by atoms with van der Waals surface area (Å²) in [6, 6.07) is 92.5. The lowest BCUT2D eigenvalue weighted by atomic mass is 9.93. The first kappa shape index (κ1) is 39.0. The Kier molecular flexibility index (Phi) is 8.90. The van der Waals surface area contributed by atoms with Crippen LogP contribution in [0.4, 0.5) is 17.1 Å². The molecule has 0 amide bonds. The van der Waals surface area contributed by atoms with Gasteiger partial charge in [-0.2, -0.15) is 0 Å². The Morgan fingerprint density at radius 1 is 0.290 bits per heavy atom. The number of nitrogens with zero attached hydrogens (tertiary/aromatic N) is 2. The molecule has 0 radical (unpaired) electrons. The molecule has 14 aromatic rings. The van der Waals surface area contributed by atoms with E-state index >= 15 is 0 Å². The molecule has 0 atom stereocenters. The lowest BCUT2D eigenvalue weighted by Gasteiger charge is -2.27. The van der Waals surface area contributed by atoms with Crippen molar-refractivity contribution in [3.63, 3.8) is 0 Å². The van der Waals surface area contributed by atoms with Crippen LogP contribution in [-0.2, 0) is 0 Å². The summed E-state index contributed by atoms with van der Waals surface area (Å²) in [4.78, 5) is 2.39. The molecule has 3 nitrogen and oxygen atoms in total. The van der Waals surface area contributed by atoms with Crippen molar-refractivity contribution in [2.45, 2.75) is 0 Å². The Hall–Kier alpha value is -9.18. The van der Waals surface area contributed by atoms with Gasteiger partial charge in [-0.3, -0.25) is 0 Å². The molecule has 14 rings (SSSR count). The number of aromatic nitrogens is 1. The average molecular weight is 879 g/mol. The highest BCUT2D eigenvalue weighted by Crippen LogP contribution is 2.43. The van der Waals surface area contributed by atoms with E-state index < -0.39 is 0 Å². The second kappa shape index (κ2) is 15.7. The Morgan fingerprint density at radius 3 is 1.59 bits per heavy atom. The molecule has 0 saturated heterocycles. The minimum absolute atomic E-state index is 0.884. The fraction of sp³-hybridized carbons (Fsp3) is 0. The number of benzene rings is 12. The summed E-state index contributed by atoms with van der Waals surface area (Å²) in [7, 11) is 0. The molecule has 0 fully saturated rings. The number of para-hydroxylation sites is 2. The van der Waals surface area contributed by atoms with Crippen LogP contribution in [0.25, 0.3) is 115 Å². The Morgan fingerprint density at radius 2 is 0.841 bits per heavy atom. The number of hydrogen-bond donors (Lipinski definition) is 0. The normalized spacial score (nSPS) is 11.8. The first-order chi connectivity index (χ1) is 34.2. The van der Waals surface area contributed by atoms with Crippen LogP contribution in [0.1, 0.15) is 0 Å². The number of hydrogen-bond acceptors (Lipinski definition) is 2. The third-order valence-corrected chi connectivity index (χ3v) is 14.1. The molecule has 0 bridgehead atoms. The number of anilines is 3. The monoisotopic (exact) mass is 878 g/mol. The highest BCUT2D eigenvalue weighted by Gasteiger charge is 2.18. The van der Waals surface area contributed by atoms with E-state index in [0.717, 1.165) is 77.9 Å². The highest BCUT2D eigenvalue weighted by atomic mass is 16.3. The molecule has 2 aromatic heterocycles. The summed E-state index contributed by atoms with van der Waals surface area (Å²) in [6.07, 6.45) is 0. The molecule has 0 aliphatic rings. The zero-order valence-electron chi connectivity index (χ0n) is 37.6. The van der Waals surface area contributed by atoms with Gasteiger partial charge in [0, 0.05) is 49.7 Å². The summed E-state index contributed by atoms with van der Waals surface area (Å²) in [5.41, 5.74) is 15.5. The quantitative estimate of drug-likeness (QED) is 0.149. The van der Waals surface area contributed by atoms with E-state index in [4.69, 9.17) is 4.42 Å². The standard InChI is InChI=1S/C66H42N2O/c1-4-23-55-44(14-1)32-37-61-60-36-33-47(42-65(60)69-66(55)61)46-17-12-19-51(39-46)67(52-20-13-18-48(40-52)62-41-49-15-2-3-22-54(49)56-24-5-6-25-57(56)62)50-34-30-43(31-35-50)45-16-11-21-53(38-45)68-63-28-9-7-26-58(63)59-27-8-10-29-64(59)68/h1-42H. The Bertz CT molecular complexity index is 4270. The summed E-state index contributed by atoms with van der Waals surface area (Å²) in [5, 5.41) is 12.1. The predicted molar refractivity (Wildman–Crippen MR) is 292 cm³/mol. The smallest absolute Gasteiger partial charge is 0.143 e. The fourth-order valence-electron chi connectivity index (χ4n) is 10.9. The van der Waals surface area contributed by atoms with E-state index in [1.54, 1.807) is 0 Å². The van der Waals surface area contributed by atoms with Crippen LogP contribution in [0.3, 0.4) is 0 Å². The van der Waals surface area contributed by atoms with Crippen LogP contribution in [0.15, 0.2) is 259 Å². The third kappa shape index (κ3) is 6.43. The van der Waals surface area contributed by atoms with Gasteiger partial charge in [-0.05, 0) is 145 Å². The molecular weight excluding hydrogens is 837 g/mol. The molecule has 0 spiro atoms. The van der Waals surface area contributed by atoms with Gasteiger partial charge in [0.2, 0.25) is 0 Å². The van der Waals surface area contributed by atoms with Crippen molar-refractivity contribution in [2.75, 3.05) is 4.90 Å². The molecule has 0 N–H and O–H groups in total. The molecule has 0 aliphatic heterocycles. The van der Waals surface area contributed by atoms with Crippen molar-refractivity contribution in [1.29, 1.82) is 0 Å². The molecular formula is C66H42N2O. The number of fused-ring (bicyclic) bond motifs is 11. The predicted octanol–water partition coefficient (Wildman–Crippen LogP) is 18.6. The van der Waals surface area contributed by atoms with Crippen molar-refractivity contribution in [2.24, 2.45) is 0 Å². The minimum Gasteiger partial charge on any atom is -0.455 e. The van der Waals surface area contributed by atoms with E-state index in [0.29, 0.717) is 0 Å². The zero-order chi connectivity index (χ0) is 45.4. The van der Waals surface area contributed by atoms with Gasteiger partial charge < -0.3 is 13.9 Å². The molecule has 322 valence electrons. The van der Waals surface area contributed by atoms with Crippen LogP contribution < -0.4 is 4.90 Å². The van der Waals surface area contributed by atoms with Crippen LogP contribution in [0.5, 0.6) is 0 Å². The van der Waals surface area contributed by atoms with Gasteiger partial charge in [0.1, 0.15) is 11.2 Å². The maximum absolute atomic E-state index is 6.66. The number of rotatable bonds is 7. The average Bonchev–Trinajstić information content (AvgIpc) is 3.97. The molecule has 0 unspecified atom stereocenters. The van der Waals surface area contributed by atoms with Gasteiger partial charge in [0.15, 0.2) is 0 Å². The van der Waals surface area contributed by atoms with Crippen LogP contribution >= 0.6 is 0 Å². The summed E-state index contributed by atoms with van der Waals surface area (Å²) < 4.78 is 9.04. The molecule has 0 saturated carbocycles. The molecule has 12 aromatic carbocycles. The molecule has 0 aliphatic carbocycles. The fourth-order valence-corrected chi connectivity index (χ4v) is 10.9. The molecule has 2 heterocycles. The van der Waals surface area contributed by atoms with Gasteiger partial charge in [0.25, 0.3) is 0 Å². The van der Waals surface area contributed by atoms with Gasteiger partial charge in [0.05, 0.1) is 11.0 Å². The van der Waals surface area contributed by atoms with E-state index in [9.17, 15) is 0 Å². The van der Waals surface area contributed by atoms with Crippen molar-refractivity contribution in [3.8, 4) is 39.1 Å².